The van der Waals surface area contributed by atoms with Crippen LogP contribution in [0.1, 0.15) is 18.1 Å². The fourth-order valence-electron chi connectivity index (χ4n) is 1.22. The molecule has 0 aliphatic heterocycles. The minimum atomic E-state index is 0.544. The molecule has 0 aliphatic rings. The Morgan fingerprint density at radius 1 is 1.29 bits per heavy atom. The van der Waals surface area contributed by atoms with E-state index in [1.54, 1.807) is 0 Å². The molecule has 1 unspecified atom stereocenters. The van der Waals surface area contributed by atoms with Gasteiger partial charge in [0.05, 0.1) is 0 Å². The summed E-state index contributed by atoms with van der Waals surface area (Å²) in [6.07, 6.45) is 0. The lowest BCUT2D eigenvalue weighted by Gasteiger charge is -2.09. The van der Waals surface area contributed by atoms with Crippen molar-refractivity contribution < 1.29 is 0 Å². The van der Waals surface area contributed by atoms with Crippen molar-refractivity contribution in [1.29, 1.82) is 0 Å². The first kappa shape index (κ1) is 11.5. The average Bonchev–Trinajstić information content (AvgIpc) is 2.21. The van der Waals surface area contributed by atoms with E-state index in [1.807, 2.05) is 0 Å². The molecule has 78 valence electrons. The number of nitrogens with one attached hydrogen (secondary N) is 1. The highest BCUT2D eigenvalue weighted by molar-refractivity contribution is 6.18. The number of rotatable bonds is 5. The quantitative estimate of drug-likeness (QED) is 0.739. The van der Waals surface area contributed by atoms with Gasteiger partial charge >= 0.3 is 0 Å². The number of halogens is 1. The third-order valence-corrected chi connectivity index (χ3v) is 2.73. The Kier molecular flexibility index (Phi) is 4.99. The molecule has 0 aliphatic carbocycles. The van der Waals surface area contributed by atoms with Gasteiger partial charge in [0.2, 0.25) is 0 Å². The largest absolute Gasteiger partial charge is 0.312 e. The van der Waals surface area contributed by atoms with Crippen LogP contribution in [0.2, 0.25) is 0 Å². The Morgan fingerprint density at radius 3 is 2.50 bits per heavy atom. The van der Waals surface area contributed by atoms with E-state index in [9.17, 15) is 0 Å². The van der Waals surface area contributed by atoms with Crippen LogP contribution in [0.15, 0.2) is 24.3 Å². The van der Waals surface area contributed by atoms with Crippen molar-refractivity contribution in [2.45, 2.75) is 20.4 Å². The van der Waals surface area contributed by atoms with Gasteiger partial charge in [-0.15, -0.1) is 11.6 Å². The maximum absolute atomic E-state index is 5.71. The van der Waals surface area contributed by atoms with Gasteiger partial charge in [-0.1, -0.05) is 36.8 Å². The summed E-state index contributed by atoms with van der Waals surface area (Å²) in [6.45, 7) is 6.17. The molecule has 0 aromatic heterocycles. The molecule has 14 heavy (non-hydrogen) atoms. The lowest BCUT2D eigenvalue weighted by molar-refractivity contribution is 0.557. The summed E-state index contributed by atoms with van der Waals surface area (Å²) in [5, 5.41) is 3.39. The van der Waals surface area contributed by atoms with Crippen LogP contribution in [-0.4, -0.2) is 12.4 Å². The highest BCUT2D eigenvalue weighted by atomic mass is 35.5. The van der Waals surface area contributed by atoms with Crippen LogP contribution in [0.25, 0.3) is 0 Å². The van der Waals surface area contributed by atoms with Gasteiger partial charge in [-0.3, -0.25) is 0 Å². The van der Waals surface area contributed by atoms with E-state index in [0.717, 1.165) is 19.0 Å². The normalized spacial score (nSPS) is 12.8. The van der Waals surface area contributed by atoms with Gasteiger partial charge in [0, 0.05) is 12.4 Å². The molecule has 1 nitrogen and oxygen atoms in total. The molecule has 1 atom stereocenters. The minimum absolute atomic E-state index is 0.544. The average molecular weight is 212 g/mol. The zero-order chi connectivity index (χ0) is 10.4. The molecule has 1 rings (SSSR count). The molecule has 2 heteroatoms. The van der Waals surface area contributed by atoms with Crippen molar-refractivity contribution in [2.75, 3.05) is 12.4 Å². The predicted octanol–water partition coefficient (Wildman–Crippen LogP) is 2.96. The molecule has 1 aromatic rings. The van der Waals surface area contributed by atoms with Crippen LogP contribution in [0.3, 0.4) is 0 Å². The lowest BCUT2D eigenvalue weighted by atomic mass is 10.1. The summed E-state index contributed by atoms with van der Waals surface area (Å²) in [6, 6.07) is 8.60. The van der Waals surface area contributed by atoms with E-state index in [2.05, 4.69) is 43.4 Å². The SMILES string of the molecule is Cc1ccc(CNCC(C)CCl)cc1. The molecule has 0 fully saturated rings. The molecule has 0 saturated heterocycles. The summed E-state index contributed by atoms with van der Waals surface area (Å²) in [5.74, 6) is 1.27. The topological polar surface area (TPSA) is 12.0 Å². The molecule has 0 bridgehead atoms. The molecule has 1 aromatic carbocycles. The van der Waals surface area contributed by atoms with E-state index >= 15 is 0 Å². The van der Waals surface area contributed by atoms with Crippen LogP contribution in [-0.2, 0) is 6.54 Å². The smallest absolute Gasteiger partial charge is 0.0261 e. The molecule has 0 heterocycles. The first-order valence-corrected chi connectivity index (χ1v) is 5.58. The van der Waals surface area contributed by atoms with Crippen molar-refractivity contribution in [3.8, 4) is 0 Å². The Balaban J connectivity index is 2.28. The lowest BCUT2D eigenvalue weighted by Crippen LogP contribution is -2.21. The Hall–Kier alpha value is -0.530. The van der Waals surface area contributed by atoms with Gasteiger partial charge in [-0.05, 0) is 24.9 Å². The molecule has 0 saturated carbocycles. The van der Waals surface area contributed by atoms with Crippen LogP contribution in [0, 0.1) is 12.8 Å². The Bertz CT molecular complexity index is 256. The molecule has 0 spiro atoms. The van der Waals surface area contributed by atoms with Gasteiger partial charge in [-0.2, -0.15) is 0 Å². The van der Waals surface area contributed by atoms with Gasteiger partial charge in [0.25, 0.3) is 0 Å². The third-order valence-electron chi connectivity index (χ3n) is 2.21. The number of hydrogen-bond donors (Lipinski definition) is 1. The maximum atomic E-state index is 5.71. The predicted molar refractivity (Wildman–Crippen MR) is 62.8 cm³/mol. The first-order chi connectivity index (χ1) is 6.72. The van der Waals surface area contributed by atoms with Crippen molar-refractivity contribution in [2.24, 2.45) is 5.92 Å². The molecule has 0 radical (unpaired) electrons. The second kappa shape index (κ2) is 6.05. The van der Waals surface area contributed by atoms with Gasteiger partial charge in [-0.25, -0.2) is 0 Å². The second-order valence-corrected chi connectivity index (χ2v) is 4.18. The van der Waals surface area contributed by atoms with Crippen LogP contribution >= 0.6 is 11.6 Å². The van der Waals surface area contributed by atoms with E-state index in [-0.39, 0.29) is 0 Å². The van der Waals surface area contributed by atoms with Crippen LogP contribution in [0.5, 0.6) is 0 Å². The summed E-state index contributed by atoms with van der Waals surface area (Å²) < 4.78 is 0. The highest BCUT2D eigenvalue weighted by Crippen LogP contribution is 2.03. The summed E-state index contributed by atoms with van der Waals surface area (Å²) in [7, 11) is 0. The molecular weight excluding hydrogens is 194 g/mol. The Morgan fingerprint density at radius 2 is 1.93 bits per heavy atom. The fraction of sp³-hybridized carbons (Fsp3) is 0.500. The highest BCUT2D eigenvalue weighted by Gasteiger charge is 1.98. The van der Waals surface area contributed by atoms with E-state index in [4.69, 9.17) is 11.6 Å². The number of benzene rings is 1. The van der Waals surface area contributed by atoms with Crippen LogP contribution < -0.4 is 5.32 Å². The van der Waals surface area contributed by atoms with Crippen molar-refractivity contribution in [1.82, 2.24) is 5.32 Å². The maximum Gasteiger partial charge on any atom is 0.0261 e. The first-order valence-electron chi connectivity index (χ1n) is 5.04. The van der Waals surface area contributed by atoms with Gasteiger partial charge in [0.15, 0.2) is 0 Å². The summed E-state index contributed by atoms with van der Waals surface area (Å²) in [4.78, 5) is 0. The summed E-state index contributed by atoms with van der Waals surface area (Å²) >= 11 is 5.71. The van der Waals surface area contributed by atoms with E-state index < -0.39 is 0 Å². The number of hydrogen-bond acceptors (Lipinski definition) is 1. The molecule has 1 N–H and O–H groups in total. The van der Waals surface area contributed by atoms with Crippen molar-refractivity contribution in [3.05, 3.63) is 35.4 Å². The number of aryl methyl sites for hydroxylation is 1. The van der Waals surface area contributed by atoms with Gasteiger partial charge < -0.3 is 5.32 Å². The number of alkyl halides is 1. The summed E-state index contributed by atoms with van der Waals surface area (Å²) in [5.41, 5.74) is 2.64. The monoisotopic (exact) mass is 211 g/mol. The minimum Gasteiger partial charge on any atom is -0.312 e. The standard InChI is InChI=1S/C12H18ClN/c1-10-3-5-12(6-4-10)9-14-8-11(2)7-13/h3-6,11,14H,7-9H2,1-2H3. The second-order valence-electron chi connectivity index (χ2n) is 3.88. The zero-order valence-electron chi connectivity index (χ0n) is 8.89. The Labute approximate surface area is 91.5 Å². The van der Waals surface area contributed by atoms with Crippen molar-refractivity contribution in [3.63, 3.8) is 0 Å². The van der Waals surface area contributed by atoms with E-state index in [0.29, 0.717) is 5.92 Å². The molecular formula is C12H18ClN. The molecule has 0 amide bonds. The zero-order valence-corrected chi connectivity index (χ0v) is 9.64. The van der Waals surface area contributed by atoms with Gasteiger partial charge in [0.1, 0.15) is 0 Å². The van der Waals surface area contributed by atoms with Crippen LogP contribution in [0.4, 0.5) is 0 Å². The van der Waals surface area contributed by atoms with Crippen molar-refractivity contribution >= 4 is 11.6 Å². The van der Waals surface area contributed by atoms with E-state index in [1.165, 1.54) is 11.1 Å². The third kappa shape index (κ3) is 4.12. The fourth-order valence-corrected chi connectivity index (χ4v) is 1.33.